The topological polar surface area (TPSA) is 15.3 Å². The molecule has 1 aliphatic heterocycles. The van der Waals surface area contributed by atoms with Crippen LogP contribution < -0.4 is 5.32 Å². The molecule has 20 heavy (non-hydrogen) atoms. The van der Waals surface area contributed by atoms with Crippen LogP contribution >= 0.6 is 24.8 Å². The molecule has 114 valence electrons. The molecule has 0 unspecified atom stereocenters. The summed E-state index contributed by atoms with van der Waals surface area (Å²) in [4.78, 5) is 2.40. The number of piperazine rings is 1. The maximum Gasteiger partial charge on any atom is 0.159 e. The highest BCUT2D eigenvalue weighted by molar-refractivity contribution is 5.85. The van der Waals surface area contributed by atoms with Crippen LogP contribution in [-0.2, 0) is 0 Å². The van der Waals surface area contributed by atoms with Crippen molar-refractivity contribution in [2.45, 2.75) is 18.9 Å². The Morgan fingerprint density at radius 3 is 2.25 bits per heavy atom. The number of benzene rings is 1. The normalized spacial score (nSPS) is 20.7. The van der Waals surface area contributed by atoms with Crippen molar-refractivity contribution in [2.24, 2.45) is 5.92 Å². The molecule has 1 N–H and O–H groups in total. The summed E-state index contributed by atoms with van der Waals surface area (Å²) in [5.41, 5.74) is 0.929. The van der Waals surface area contributed by atoms with Gasteiger partial charge in [-0.1, -0.05) is 6.07 Å². The summed E-state index contributed by atoms with van der Waals surface area (Å²) in [5, 5.41) is 3.33. The van der Waals surface area contributed by atoms with Gasteiger partial charge in [0.25, 0.3) is 0 Å². The Hall–Kier alpha value is -0.420. The SMILES string of the molecule is Cl.Cl.Fc1ccc([C@H](C2CC2)N2CCNCC2)cc1F. The Morgan fingerprint density at radius 2 is 1.70 bits per heavy atom. The molecular formula is C14H20Cl2F2N2. The summed E-state index contributed by atoms with van der Waals surface area (Å²) in [6.45, 7) is 3.93. The third-order valence-corrected chi connectivity index (χ3v) is 3.90. The lowest BCUT2D eigenvalue weighted by Crippen LogP contribution is -2.45. The van der Waals surface area contributed by atoms with Crippen LogP contribution in [0.25, 0.3) is 0 Å². The first-order valence-electron chi connectivity index (χ1n) is 6.65. The Labute approximate surface area is 130 Å². The molecule has 0 amide bonds. The smallest absolute Gasteiger partial charge is 0.159 e. The van der Waals surface area contributed by atoms with E-state index in [-0.39, 0.29) is 30.9 Å². The Morgan fingerprint density at radius 1 is 1.05 bits per heavy atom. The molecule has 2 fully saturated rings. The van der Waals surface area contributed by atoms with Gasteiger partial charge in [-0.15, -0.1) is 24.8 Å². The molecule has 0 spiro atoms. The fourth-order valence-corrected chi connectivity index (χ4v) is 2.85. The molecule has 6 heteroatoms. The van der Waals surface area contributed by atoms with Gasteiger partial charge in [0.1, 0.15) is 0 Å². The van der Waals surface area contributed by atoms with Crippen LogP contribution in [0.2, 0.25) is 0 Å². The van der Waals surface area contributed by atoms with Crippen molar-refractivity contribution in [1.82, 2.24) is 10.2 Å². The van der Waals surface area contributed by atoms with E-state index in [9.17, 15) is 8.78 Å². The van der Waals surface area contributed by atoms with Crippen molar-refractivity contribution in [3.05, 3.63) is 35.4 Å². The molecule has 1 saturated carbocycles. The van der Waals surface area contributed by atoms with Crippen molar-refractivity contribution < 1.29 is 8.78 Å². The van der Waals surface area contributed by atoms with E-state index in [4.69, 9.17) is 0 Å². The van der Waals surface area contributed by atoms with Gasteiger partial charge in [-0.05, 0) is 36.5 Å². The summed E-state index contributed by atoms with van der Waals surface area (Å²) in [5.74, 6) is -0.866. The zero-order chi connectivity index (χ0) is 12.5. The van der Waals surface area contributed by atoms with Gasteiger partial charge in [0.05, 0.1) is 0 Å². The van der Waals surface area contributed by atoms with Crippen molar-refractivity contribution in [2.75, 3.05) is 26.2 Å². The van der Waals surface area contributed by atoms with Crippen molar-refractivity contribution in [3.63, 3.8) is 0 Å². The first-order chi connectivity index (χ1) is 8.75. The number of nitrogens with zero attached hydrogens (tertiary/aromatic N) is 1. The van der Waals surface area contributed by atoms with Crippen LogP contribution in [0.1, 0.15) is 24.4 Å². The van der Waals surface area contributed by atoms with E-state index >= 15 is 0 Å². The summed E-state index contributed by atoms with van der Waals surface area (Å²) in [6, 6.07) is 4.63. The van der Waals surface area contributed by atoms with Crippen LogP contribution in [0.4, 0.5) is 8.78 Å². The van der Waals surface area contributed by atoms with Crippen LogP contribution in [0.3, 0.4) is 0 Å². The van der Waals surface area contributed by atoms with E-state index in [2.05, 4.69) is 10.2 Å². The molecule has 0 radical (unpaired) electrons. The Kier molecular flexibility index (Phi) is 6.65. The average molecular weight is 325 g/mol. The highest BCUT2D eigenvalue weighted by Gasteiger charge is 2.36. The molecule has 3 rings (SSSR count). The molecule has 1 aromatic carbocycles. The maximum absolute atomic E-state index is 13.4. The minimum Gasteiger partial charge on any atom is -0.314 e. The first kappa shape index (κ1) is 17.6. The highest BCUT2D eigenvalue weighted by Crippen LogP contribution is 2.44. The van der Waals surface area contributed by atoms with Crippen LogP contribution in [0, 0.1) is 17.6 Å². The largest absolute Gasteiger partial charge is 0.314 e. The molecule has 1 saturated heterocycles. The summed E-state index contributed by atoms with van der Waals surface area (Å²) in [6.07, 6.45) is 2.40. The van der Waals surface area contributed by atoms with Gasteiger partial charge in [-0.3, -0.25) is 4.90 Å². The highest BCUT2D eigenvalue weighted by atomic mass is 35.5. The van der Waals surface area contributed by atoms with E-state index in [1.54, 1.807) is 6.07 Å². The zero-order valence-electron chi connectivity index (χ0n) is 11.1. The molecule has 1 heterocycles. The molecule has 0 bridgehead atoms. The minimum absolute atomic E-state index is 0. The number of hydrogen-bond acceptors (Lipinski definition) is 2. The lowest BCUT2D eigenvalue weighted by molar-refractivity contribution is 0.156. The van der Waals surface area contributed by atoms with Crippen molar-refractivity contribution >= 4 is 24.8 Å². The molecule has 1 aliphatic carbocycles. The van der Waals surface area contributed by atoms with E-state index in [1.165, 1.54) is 25.0 Å². The van der Waals surface area contributed by atoms with E-state index in [0.29, 0.717) is 5.92 Å². The second-order valence-electron chi connectivity index (χ2n) is 5.24. The summed E-state index contributed by atoms with van der Waals surface area (Å²) < 4.78 is 26.4. The molecule has 2 aliphatic rings. The van der Waals surface area contributed by atoms with Crippen LogP contribution in [0.5, 0.6) is 0 Å². The van der Waals surface area contributed by atoms with Gasteiger partial charge in [0.15, 0.2) is 11.6 Å². The van der Waals surface area contributed by atoms with Crippen LogP contribution in [-0.4, -0.2) is 31.1 Å². The monoisotopic (exact) mass is 324 g/mol. The van der Waals surface area contributed by atoms with Crippen molar-refractivity contribution in [3.8, 4) is 0 Å². The number of hydrogen-bond donors (Lipinski definition) is 1. The van der Waals surface area contributed by atoms with E-state index in [0.717, 1.165) is 31.7 Å². The predicted octanol–water partition coefficient (Wildman–Crippen LogP) is 3.16. The lowest BCUT2D eigenvalue weighted by Gasteiger charge is -2.35. The molecule has 0 aromatic heterocycles. The fourth-order valence-electron chi connectivity index (χ4n) is 2.85. The van der Waals surface area contributed by atoms with E-state index < -0.39 is 11.6 Å². The third-order valence-electron chi connectivity index (χ3n) is 3.90. The fraction of sp³-hybridized carbons (Fsp3) is 0.571. The zero-order valence-corrected chi connectivity index (χ0v) is 12.8. The van der Waals surface area contributed by atoms with Gasteiger partial charge < -0.3 is 5.32 Å². The van der Waals surface area contributed by atoms with Gasteiger partial charge in [0.2, 0.25) is 0 Å². The maximum atomic E-state index is 13.4. The Bertz CT molecular complexity index is 435. The quantitative estimate of drug-likeness (QED) is 0.918. The molecule has 2 nitrogen and oxygen atoms in total. The van der Waals surface area contributed by atoms with Gasteiger partial charge in [-0.2, -0.15) is 0 Å². The molecule has 1 aromatic rings. The number of rotatable bonds is 3. The predicted molar refractivity (Wildman–Crippen MR) is 80.8 cm³/mol. The number of nitrogens with one attached hydrogen (secondary N) is 1. The summed E-state index contributed by atoms with van der Waals surface area (Å²) in [7, 11) is 0. The number of halogens is 4. The van der Waals surface area contributed by atoms with Crippen molar-refractivity contribution in [1.29, 1.82) is 0 Å². The lowest BCUT2D eigenvalue weighted by atomic mass is 9.99. The second kappa shape index (κ2) is 7.55. The summed E-state index contributed by atoms with van der Waals surface area (Å²) >= 11 is 0. The molecule has 1 atom stereocenters. The molecular weight excluding hydrogens is 305 g/mol. The second-order valence-corrected chi connectivity index (χ2v) is 5.24. The average Bonchev–Trinajstić information content (AvgIpc) is 3.20. The van der Waals surface area contributed by atoms with Crippen LogP contribution in [0.15, 0.2) is 18.2 Å². The van der Waals surface area contributed by atoms with Gasteiger partial charge in [-0.25, -0.2) is 8.78 Å². The third kappa shape index (κ3) is 3.82. The Balaban J connectivity index is 0.000001000. The van der Waals surface area contributed by atoms with Gasteiger partial charge >= 0.3 is 0 Å². The standard InChI is InChI=1S/C14H18F2N2.2ClH/c15-12-4-3-11(9-13(12)16)14(10-1-2-10)18-7-5-17-6-8-18;;/h3-4,9-10,14,17H,1-2,5-8H2;2*1H/t14-;;/m0../s1. The van der Waals surface area contributed by atoms with Gasteiger partial charge in [0, 0.05) is 32.2 Å². The first-order valence-corrected chi connectivity index (χ1v) is 6.65. The minimum atomic E-state index is -0.756. The van der Waals surface area contributed by atoms with E-state index in [1.807, 2.05) is 0 Å².